The van der Waals surface area contributed by atoms with Crippen LogP contribution in [0.15, 0.2) is 48.5 Å². The van der Waals surface area contributed by atoms with Crippen molar-refractivity contribution >= 4 is 34.6 Å². The molecule has 138 valence electrons. The number of nitrogens with zero attached hydrogens (tertiary/aromatic N) is 2. The smallest absolute Gasteiger partial charge is 0.319 e. The fourth-order valence-corrected chi connectivity index (χ4v) is 2.80. The lowest BCUT2D eigenvalue weighted by atomic mass is 10.2. The molecule has 0 bridgehead atoms. The number of aromatic nitrogens is 2. The number of carbonyl (C=O) groups is 2. The quantitative estimate of drug-likeness (QED) is 0.626. The number of urea groups is 1. The van der Waals surface area contributed by atoms with Crippen LogP contribution in [0.3, 0.4) is 0 Å². The summed E-state index contributed by atoms with van der Waals surface area (Å²) < 4.78 is 13.5. The lowest BCUT2D eigenvalue weighted by molar-refractivity contribution is 0.102. The van der Waals surface area contributed by atoms with Crippen molar-refractivity contribution in [3.05, 3.63) is 69.9 Å². The predicted molar refractivity (Wildman–Crippen MR) is 101 cm³/mol. The largest absolute Gasteiger partial charge is 0.331 e. The average Bonchev–Trinajstić information content (AvgIpc) is 3.13. The highest BCUT2D eigenvalue weighted by Crippen LogP contribution is 2.15. The molecular formula is C18H16FN5O2S. The van der Waals surface area contributed by atoms with Gasteiger partial charge in [-0.15, -0.1) is 10.2 Å². The fraction of sp³-hybridized carbons (Fsp3) is 0.111. The number of hydrogen-bond acceptors (Lipinski definition) is 5. The van der Waals surface area contributed by atoms with Crippen molar-refractivity contribution in [2.45, 2.75) is 13.5 Å². The Balaban J connectivity index is 1.52. The third-order valence-electron chi connectivity index (χ3n) is 3.52. The molecule has 7 nitrogen and oxygen atoms in total. The molecule has 3 rings (SSSR count). The van der Waals surface area contributed by atoms with Crippen molar-refractivity contribution < 1.29 is 14.0 Å². The molecule has 0 unspecified atom stereocenters. The SMILES string of the molecule is Cc1ccc(NC(=O)NCc2nnc(C(=O)Nc3ccccc3)s2)cc1F. The molecule has 0 saturated heterocycles. The van der Waals surface area contributed by atoms with E-state index in [1.54, 1.807) is 31.2 Å². The van der Waals surface area contributed by atoms with E-state index in [1.165, 1.54) is 6.07 Å². The van der Waals surface area contributed by atoms with E-state index >= 15 is 0 Å². The Morgan fingerprint density at radius 2 is 1.81 bits per heavy atom. The lowest BCUT2D eigenvalue weighted by Gasteiger charge is -2.07. The van der Waals surface area contributed by atoms with Gasteiger partial charge < -0.3 is 16.0 Å². The Kier molecular flexibility index (Phi) is 5.72. The van der Waals surface area contributed by atoms with Crippen molar-refractivity contribution in [2.24, 2.45) is 0 Å². The molecular weight excluding hydrogens is 369 g/mol. The van der Waals surface area contributed by atoms with Gasteiger partial charge >= 0.3 is 6.03 Å². The van der Waals surface area contributed by atoms with E-state index in [9.17, 15) is 14.0 Å². The Hall–Kier alpha value is -3.33. The van der Waals surface area contributed by atoms with Crippen LogP contribution in [0, 0.1) is 12.7 Å². The number of rotatable bonds is 5. The van der Waals surface area contributed by atoms with Crippen LogP contribution in [0.5, 0.6) is 0 Å². The molecule has 0 atom stereocenters. The molecule has 0 radical (unpaired) electrons. The van der Waals surface area contributed by atoms with Crippen LogP contribution in [0.25, 0.3) is 0 Å². The molecule has 2 aromatic carbocycles. The maximum absolute atomic E-state index is 13.5. The van der Waals surface area contributed by atoms with E-state index in [2.05, 4.69) is 26.1 Å². The van der Waals surface area contributed by atoms with Crippen molar-refractivity contribution in [3.8, 4) is 0 Å². The maximum Gasteiger partial charge on any atom is 0.319 e. The first-order valence-electron chi connectivity index (χ1n) is 8.01. The standard InChI is InChI=1S/C18H16FN5O2S/c1-11-7-8-13(9-14(11)19)22-18(26)20-10-15-23-24-17(27-15)16(25)21-12-5-3-2-4-6-12/h2-9H,10H2,1H3,(H,21,25)(H2,20,22,26). The zero-order valence-electron chi connectivity index (χ0n) is 14.3. The van der Waals surface area contributed by atoms with Crippen LogP contribution < -0.4 is 16.0 Å². The van der Waals surface area contributed by atoms with Crippen LogP contribution in [0.4, 0.5) is 20.6 Å². The lowest BCUT2D eigenvalue weighted by Crippen LogP contribution is -2.28. The summed E-state index contributed by atoms with van der Waals surface area (Å²) in [5.74, 6) is -0.768. The highest BCUT2D eigenvalue weighted by atomic mass is 32.1. The summed E-state index contributed by atoms with van der Waals surface area (Å²) in [4.78, 5) is 24.0. The number of nitrogens with one attached hydrogen (secondary N) is 3. The van der Waals surface area contributed by atoms with Gasteiger partial charge in [0.25, 0.3) is 5.91 Å². The highest BCUT2D eigenvalue weighted by Gasteiger charge is 2.13. The molecule has 3 aromatic rings. The summed E-state index contributed by atoms with van der Waals surface area (Å²) in [6.45, 7) is 1.73. The number of anilines is 2. The van der Waals surface area contributed by atoms with Crippen LogP contribution in [-0.2, 0) is 6.54 Å². The van der Waals surface area contributed by atoms with Crippen LogP contribution in [0.2, 0.25) is 0 Å². The Morgan fingerprint density at radius 1 is 1.04 bits per heavy atom. The molecule has 0 fully saturated rings. The number of amides is 3. The van der Waals surface area contributed by atoms with Crippen molar-refractivity contribution in [1.82, 2.24) is 15.5 Å². The molecule has 3 amide bonds. The second kappa shape index (κ2) is 8.37. The van der Waals surface area contributed by atoms with Gasteiger partial charge in [0.1, 0.15) is 10.8 Å². The number of para-hydroxylation sites is 1. The van der Waals surface area contributed by atoms with E-state index < -0.39 is 11.8 Å². The summed E-state index contributed by atoms with van der Waals surface area (Å²) in [5, 5.41) is 16.2. The minimum atomic E-state index is -0.510. The summed E-state index contributed by atoms with van der Waals surface area (Å²) in [7, 11) is 0. The summed E-state index contributed by atoms with van der Waals surface area (Å²) in [6, 6.07) is 12.9. The van der Waals surface area contributed by atoms with Gasteiger partial charge in [0.2, 0.25) is 5.01 Å². The molecule has 0 aliphatic heterocycles. The van der Waals surface area contributed by atoms with E-state index in [-0.39, 0.29) is 17.5 Å². The molecule has 1 heterocycles. The van der Waals surface area contributed by atoms with Gasteiger partial charge in [-0.3, -0.25) is 4.79 Å². The van der Waals surface area contributed by atoms with Crippen LogP contribution in [0.1, 0.15) is 20.4 Å². The van der Waals surface area contributed by atoms with Gasteiger partial charge in [0.15, 0.2) is 0 Å². The first kappa shape index (κ1) is 18.5. The zero-order chi connectivity index (χ0) is 19.2. The van der Waals surface area contributed by atoms with Gasteiger partial charge in [0.05, 0.1) is 6.54 Å². The number of benzene rings is 2. The summed E-state index contributed by atoms with van der Waals surface area (Å²) in [5.41, 5.74) is 1.49. The topological polar surface area (TPSA) is 96.0 Å². The van der Waals surface area contributed by atoms with Crippen molar-refractivity contribution in [1.29, 1.82) is 0 Å². The maximum atomic E-state index is 13.5. The predicted octanol–water partition coefficient (Wildman–Crippen LogP) is 3.56. The summed E-state index contributed by atoms with van der Waals surface area (Å²) >= 11 is 1.08. The molecule has 3 N–H and O–H groups in total. The first-order valence-corrected chi connectivity index (χ1v) is 8.83. The van der Waals surface area contributed by atoms with Gasteiger partial charge in [-0.05, 0) is 36.8 Å². The minimum absolute atomic E-state index is 0.0937. The number of carbonyl (C=O) groups excluding carboxylic acids is 2. The number of halogens is 1. The molecule has 1 aromatic heterocycles. The highest BCUT2D eigenvalue weighted by molar-refractivity contribution is 7.13. The Bertz CT molecular complexity index is 961. The van der Waals surface area contributed by atoms with Gasteiger partial charge in [-0.1, -0.05) is 35.6 Å². The fourth-order valence-electron chi connectivity index (χ4n) is 2.12. The third kappa shape index (κ3) is 5.08. The molecule has 9 heteroatoms. The third-order valence-corrected chi connectivity index (χ3v) is 4.44. The second-order valence-electron chi connectivity index (χ2n) is 5.59. The molecule has 0 saturated carbocycles. The average molecular weight is 385 g/mol. The molecule has 0 spiro atoms. The van der Waals surface area contributed by atoms with Gasteiger partial charge in [0, 0.05) is 11.4 Å². The molecule has 27 heavy (non-hydrogen) atoms. The van der Waals surface area contributed by atoms with Gasteiger partial charge in [-0.2, -0.15) is 0 Å². The van der Waals surface area contributed by atoms with E-state index in [0.29, 0.717) is 21.9 Å². The number of aryl methyl sites for hydroxylation is 1. The molecule has 0 aliphatic rings. The monoisotopic (exact) mass is 385 g/mol. The van der Waals surface area contributed by atoms with Crippen molar-refractivity contribution in [2.75, 3.05) is 10.6 Å². The second-order valence-corrected chi connectivity index (χ2v) is 6.65. The van der Waals surface area contributed by atoms with Crippen LogP contribution in [-0.4, -0.2) is 22.1 Å². The number of hydrogen-bond donors (Lipinski definition) is 3. The zero-order valence-corrected chi connectivity index (χ0v) is 15.1. The van der Waals surface area contributed by atoms with Gasteiger partial charge in [-0.25, -0.2) is 9.18 Å². The normalized spacial score (nSPS) is 10.3. The molecule has 0 aliphatic carbocycles. The van der Waals surface area contributed by atoms with E-state index in [0.717, 1.165) is 11.3 Å². The van der Waals surface area contributed by atoms with E-state index in [1.807, 2.05) is 18.2 Å². The Morgan fingerprint density at radius 3 is 2.56 bits per heavy atom. The van der Waals surface area contributed by atoms with E-state index in [4.69, 9.17) is 0 Å². The first-order chi connectivity index (χ1) is 13.0. The van der Waals surface area contributed by atoms with Crippen molar-refractivity contribution in [3.63, 3.8) is 0 Å². The van der Waals surface area contributed by atoms with Crippen LogP contribution >= 0.6 is 11.3 Å². The Labute approximate surface area is 158 Å². The summed E-state index contributed by atoms with van der Waals surface area (Å²) in [6.07, 6.45) is 0. The minimum Gasteiger partial charge on any atom is -0.331 e.